The molecule has 0 aromatic heterocycles. The van der Waals surface area contributed by atoms with Gasteiger partial charge < -0.3 is 4.90 Å². The summed E-state index contributed by atoms with van der Waals surface area (Å²) in [5, 5.41) is 0. The third-order valence-corrected chi connectivity index (χ3v) is 6.39. The van der Waals surface area contributed by atoms with Crippen molar-refractivity contribution in [1.29, 1.82) is 0 Å². The highest BCUT2D eigenvalue weighted by Gasteiger charge is 2.22. The van der Waals surface area contributed by atoms with E-state index in [4.69, 9.17) is 0 Å². The molecule has 0 unspecified atom stereocenters. The Labute approximate surface area is 170 Å². The van der Waals surface area contributed by atoms with Crippen LogP contribution in [0.15, 0.2) is 42.6 Å². The number of rotatable bonds is 9. The van der Waals surface area contributed by atoms with Crippen LogP contribution in [0.25, 0.3) is 0 Å². The van der Waals surface area contributed by atoms with E-state index < -0.39 is 0 Å². The molecule has 3 heteroatoms. The van der Waals surface area contributed by atoms with Gasteiger partial charge >= 0.3 is 0 Å². The number of benzene rings is 1. The van der Waals surface area contributed by atoms with E-state index in [1.807, 2.05) is 24.4 Å². The zero-order valence-corrected chi connectivity index (χ0v) is 17.2. The maximum absolute atomic E-state index is 12.6. The number of hydrogen-bond donors (Lipinski definition) is 0. The van der Waals surface area contributed by atoms with E-state index in [1.54, 1.807) is 6.08 Å². The second-order valence-electron chi connectivity index (χ2n) is 8.56. The Hall–Kier alpha value is -1.90. The largest absolute Gasteiger partial charge is 0.373 e. The molecule has 1 aromatic carbocycles. The Bertz CT molecular complexity index is 640. The molecule has 1 aromatic rings. The lowest BCUT2D eigenvalue weighted by Gasteiger charge is -2.24. The number of allylic oxidation sites excluding steroid dienone is 1. The van der Waals surface area contributed by atoms with Crippen LogP contribution < -0.4 is 0 Å². The third-order valence-electron chi connectivity index (χ3n) is 6.39. The van der Waals surface area contributed by atoms with E-state index in [0.29, 0.717) is 18.7 Å². The Morgan fingerprint density at radius 1 is 0.857 bits per heavy atom. The molecule has 0 N–H and O–H groups in total. The van der Waals surface area contributed by atoms with Crippen LogP contribution >= 0.6 is 0 Å². The van der Waals surface area contributed by atoms with Gasteiger partial charge in [-0.25, -0.2) is 0 Å². The number of ketones is 2. The summed E-state index contributed by atoms with van der Waals surface area (Å²) in [6.45, 7) is 1.44. The first kappa shape index (κ1) is 20.8. The molecule has 2 aliphatic carbocycles. The SMILES string of the molecule is O=C(/C=C/N(CCC(=O)C1CCCCC1)Cc1ccccc1)C1CCCCC1. The van der Waals surface area contributed by atoms with Gasteiger partial charge in [-0.15, -0.1) is 0 Å². The summed E-state index contributed by atoms with van der Waals surface area (Å²) in [6.07, 6.45) is 15.8. The van der Waals surface area contributed by atoms with Crippen molar-refractivity contribution >= 4 is 11.6 Å². The zero-order valence-electron chi connectivity index (χ0n) is 17.2. The smallest absolute Gasteiger partial charge is 0.160 e. The van der Waals surface area contributed by atoms with Crippen molar-refractivity contribution in [2.24, 2.45) is 11.8 Å². The first-order chi connectivity index (χ1) is 13.7. The minimum absolute atomic E-state index is 0.201. The molecule has 0 amide bonds. The van der Waals surface area contributed by atoms with E-state index in [9.17, 15) is 9.59 Å². The van der Waals surface area contributed by atoms with E-state index in [0.717, 1.165) is 32.2 Å². The first-order valence-electron chi connectivity index (χ1n) is 11.2. The average Bonchev–Trinajstić information content (AvgIpc) is 2.77. The van der Waals surface area contributed by atoms with Crippen molar-refractivity contribution in [3.05, 3.63) is 48.2 Å². The van der Waals surface area contributed by atoms with Gasteiger partial charge in [0.1, 0.15) is 5.78 Å². The van der Waals surface area contributed by atoms with E-state index in [1.165, 1.54) is 44.1 Å². The van der Waals surface area contributed by atoms with Gasteiger partial charge in [-0.1, -0.05) is 68.9 Å². The van der Waals surface area contributed by atoms with Crippen molar-refractivity contribution in [3.8, 4) is 0 Å². The molecule has 0 spiro atoms. The highest BCUT2D eigenvalue weighted by atomic mass is 16.1. The summed E-state index contributed by atoms with van der Waals surface area (Å²) in [5.41, 5.74) is 1.21. The molecule has 0 atom stereocenters. The molecule has 152 valence electrons. The van der Waals surface area contributed by atoms with Crippen LogP contribution in [0.4, 0.5) is 0 Å². The van der Waals surface area contributed by atoms with Gasteiger partial charge in [0.25, 0.3) is 0 Å². The molecule has 3 rings (SSSR count). The van der Waals surface area contributed by atoms with Crippen LogP contribution in [0.5, 0.6) is 0 Å². The Kier molecular flexibility index (Phi) is 8.32. The van der Waals surface area contributed by atoms with Gasteiger partial charge in [0.2, 0.25) is 0 Å². The molecule has 2 aliphatic rings. The van der Waals surface area contributed by atoms with Crippen LogP contribution in [0.2, 0.25) is 0 Å². The molecule has 0 saturated heterocycles. The van der Waals surface area contributed by atoms with Crippen molar-refractivity contribution in [3.63, 3.8) is 0 Å². The highest BCUT2D eigenvalue weighted by molar-refractivity contribution is 5.91. The quantitative estimate of drug-likeness (QED) is 0.516. The Morgan fingerprint density at radius 3 is 2.11 bits per heavy atom. The van der Waals surface area contributed by atoms with E-state index >= 15 is 0 Å². The summed E-state index contributed by atoms with van der Waals surface area (Å²) in [5.74, 6) is 1.13. The molecule has 0 aliphatic heterocycles. The van der Waals surface area contributed by atoms with Gasteiger partial charge in [-0.2, -0.15) is 0 Å². The van der Waals surface area contributed by atoms with Gasteiger partial charge in [0.15, 0.2) is 5.78 Å². The fraction of sp³-hybridized carbons (Fsp3) is 0.600. The molecule has 0 heterocycles. The van der Waals surface area contributed by atoms with Crippen molar-refractivity contribution < 1.29 is 9.59 Å². The molecule has 0 radical (unpaired) electrons. The van der Waals surface area contributed by atoms with Crippen LogP contribution in [0.1, 0.15) is 76.2 Å². The fourth-order valence-electron chi connectivity index (χ4n) is 4.61. The second kappa shape index (κ2) is 11.2. The zero-order chi connectivity index (χ0) is 19.6. The standard InChI is InChI=1S/C25H35NO2/c27-24(22-12-6-2-7-13-22)16-18-26(20-21-10-4-1-5-11-21)19-17-25(28)23-14-8-3-9-15-23/h1,4-5,10-11,16,18,22-23H,2-3,6-9,12-15,17,19-20H2/b18-16+. The normalized spacial score (nSPS) is 19.0. The molecule has 2 saturated carbocycles. The number of carbonyl (C=O) groups excluding carboxylic acids is 2. The summed E-state index contributed by atoms with van der Waals surface area (Å²) in [4.78, 5) is 27.3. The Morgan fingerprint density at radius 2 is 1.46 bits per heavy atom. The van der Waals surface area contributed by atoms with Crippen molar-refractivity contribution in [1.82, 2.24) is 4.90 Å². The van der Waals surface area contributed by atoms with E-state index in [-0.39, 0.29) is 17.6 Å². The van der Waals surface area contributed by atoms with Gasteiger partial charge in [-0.05, 0) is 37.3 Å². The maximum atomic E-state index is 12.6. The first-order valence-corrected chi connectivity index (χ1v) is 11.2. The van der Waals surface area contributed by atoms with Gasteiger partial charge in [-0.3, -0.25) is 9.59 Å². The van der Waals surface area contributed by atoms with Crippen LogP contribution in [0, 0.1) is 11.8 Å². The lowest BCUT2D eigenvalue weighted by molar-refractivity contribution is -0.124. The summed E-state index contributed by atoms with van der Waals surface area (Å²) in [7, 11) is 0. The molecule has 0 bridgehead atoms. The molecule has 28 heavy (non-hydrogen) atoms. The minimum Gasteiger partial charge on any atom is -0.373 e. The number of carbonyl (C=O) groups is 2. The lowest BCUT2D eigenvalue weighted by atomic mass is 9.85. The van der Waals surface area contributed by atoms with Crippen LogP contribution in [-0.4, -0.2) is 23.0 Å². The topological polar surface area (TPSA) is 37.4 Å². The number of hydrogen-bond acceptors (Lipinski definition) is 3. The number of Topliss-reactive ketones (excluding diaryl/α,β-unsaturated/α-hetero) is 1. The van der Waals surface area contributed by atoms with Gasteiger partial charge in [0, 0.05) is 37.5 Å². The molecular weight excluding hydrogens is 346 g/mol. The second-order valence-corrected chi connectivity index (χ2v) is 8.56. The Balaban J connectivity index is 1.58. The summed E-state index contributed by atoms with van der Waals surface area (Å²) in [6, 6.07) is 10.3. The van der Waals surface area contributed by atoms with Gasteiger partial charge in [0.05, 0.1) is 0 Å². The monoisotopic (exact) mass is 381 g/mol. The lowest BCUT2D eigenvalue weighted by Crippen LogP contribution is -2.25. The predicted octanol–water partition coefficient (Wildman–Crippen LogP) is 5.69. The molecule has 3 nitrogen and oxygen atoms in total. The predicted molar refractivity (Wildman–Crippen MR) is 114 cm³/mol. The third kappa shape index (κ3) is 6.61. The highest BCUT2D eigenvalue weighted by Crippen LogP contribution is 2.26. The fourth-order valence-corrected chi connectivity index (χ4v) is 4.61. The van der Waals surface area contributed by atoms with Crippen LogP contribution in [0.3, 0.4) is 0 Å². The summed E-state index contributed by atoms with van der Waals surface area (Å²) >= 11 is 0. The maximum Gasteiger partial charge on any atom is 0.160 e. The molecule has 2 fully saturated rings. The average molecular weight is 382 g/mol. The van der Waals surface area contributed by atoms with E-state index in [2.05, 4.69) is 17.0 Å². The molecular formula is C25H35NO2. The number of nitrogens with zero attached hydrogens (tertiary/aromatic N) is 1. The summed E-state index contributed by atoms with van der Waals surface area (Å²) < 4.78 is 0. The minimum atomic E-state index is 0.201. The van der Waals surface area contributed by atoms with Crippen molar-refractivity contribution in [2.75, 3.05) is 6.54 Å². The van der Waals surface area contributed by atoms with Crippen molar-refractivity contribution in [2.45, 2.75) is 77.2 Å². The van der Waals surface area contributed by atoms with Crippen LogP contribution in [-0.2, 0) is 16.1 Å².